The molecule has 21 heavy (non-hydrogen) atoms. The van der Waals surface area contributed by atoms with E-state index in [1.54, 1.807) is 23.9 Å². The van der Waals surface area contributed by atoms with Gasteiger partial charge >= 0.3 is 0 Å². The summed E-state index contributed by atoms with van der Waals surface area (Å²) in [6.45, 7) is 0. The standard InChI is InChI=1S/C18H12O2S/c19-13-10-8-12(9-11-13)14-4-3-7-17-18(14)20-15-5-1-2-6-16(15)21-17/h1-11,19H. The van der Waals surface area contributed by atoms with Crippen molar-refractivity contribution in [3.63, 3.8) is 0 Å². The van der Waals surface area contributed by atoms with Crippen LogP contribution in [0.1, 0.15) is 0 Å². The molecule has 0 saturated heterocycles. The molecule has 0 saturated carbocycles. The molecular weight excluding hydrogens is 280 g/mol. The van der Waals surface area contributed by atoms with E-state index in [9.17, 15) is 5.11 Å². The maximum Gasteiger partial charge on any atom is 0.149 e. The molecule has 1 heterocycles. The van der Waals surface area contributed by atoms with Gasteiger partial charge in [-0.05, 0) is 35.9 Å². The van der Waals surface area contributed by atoms with E-state index in [4.69, 9.17) is 4.74 Å². The summed E-state index contributed by atoms with van der Waals surface area (Å²) in [6.07, 6.45) is 0. The predicted molar refractivity (Wildman–Crippen MR) is 84.2 cm³/mol. The summed E-state index contributed by atoms with van der Waals surface area (Å²) in [7, 11) is 0. The molecule has 0 fully saturated rings. The van der Waals surface area contributed by atoms with Gasteiger partial charge < -0.3 is 9.84 Å². The molecule has 0 amide bonds. The van der Waals surface area contributed by atoms with Crippen LogP contribution >= 0.6 is 11.8 Å². The Hall–Kier alpha value is -2.39. The van der Waals surface area contributed by atoms with Crippen molar-refractivity contribution in [1.29, 1.82) is 0 Å². The van der Waals surface area contributed by atoms with E-state index in [2.05, 4.69) is 12.1 Å². The first-order chi connectivity index (χ1) is 10.3. The lowest BCUT2D eigenvalue weighted by atomic mass is 10.0. The van der Waals surface area contributed by atoms with Gasteiger partial charge in [-0.15, -0.1) is 0 Å². The van der Waals surface area contributed by atoms with Crippen molar-refractivity contribution in [1.82, 2.24) is 0 Å². The Morgan fingerprint density at radius 2 is 1.52 bits per heavy atom. The van der Waals surface area contributed by atoms with Crippen LogP contribution in [0.25, 0.3) is 11.1 Å². The minimum atomic E-state index is 0.268. The molecule has 0 aliphatic carbocycles. The van der Waals surface area contributed by atoms with Crippen molar-refractivity contribution in [2.24, 2.45) is 0 Å². The molecule has 0 radical (unpaired) electrons. The molecule has 0 aromatic heterocycles. The van der Waals surface area contributed by atoms with Crippen molar-refractivity contribution < 1.29 is 9.84 Å². The van der Waals surface area contributed by atoms with Gasteiger partial charge in [0.2, 0.25) is 0 Å². The normalized spacial score (nSPS) is 12.2. The summed E-state index contributed by atoms with van der Waals surface area (Å²) >= 11 is 1.72. The number of benzene rings is 3. The van der Waals surface area contributed by atoms with Gasteiger partial charge in [0, 0.05) is 5.56 Å². The third-order valence-corrected chi connectivity index (χ3v) is 4.54. The Morgan fingerprint density at radius 3 is 2.38 bits per heavy atom. The molecule has 0 unspecified atom stereocenters. The number of rotatable bonds is 1. The maximum absolute atomic E-state index is 9.44. The zero-order valence-corrected chi connectivity index (χ0v) is 11.9. The Morgan fingerprint density at radius 1 is 0.762 bits per heavy atom. The highest BCUT2D eigenvalue weighted by atomic mass is 32.2. The van der Waals surface area contributed by atoms with E-state index in [0.717, 1.165) is 32.4 Å². The zero-order chi connectivity index (χ0) is 14.2. The highest BCUT2D eigenvalue weighted by Gasteiger charge is 2.20. The van der Waals surface area contributed by atoms with E-state index in [1.807, 2.05) is 42.5 Å². The average Bonchev–Trinajstić information content (AvgIpc) is 2.53. The number of hydrogen-bond acceptors (Lipinski definition) is 3. The van der Waals surface area contributed by atoms with Crippen molar-refractivity contribution in [3.05, 3.63) is 66.7 Å². The summed E-state index contributed by atoms with van der Waals surface area (Å²) in [5.74, 6) is 2.04. The van der Waals surface area contributed by atoms with Crippen LogP contribution in [-0.2, 0) is 0 Å². The molecule has 3 aromatic carbocycles. The summed E-state index contributed by atoms with van der Waals surface area (Å²) < 4.78 is 6.11. The zero-order valence-electron chi connectivity index (χ0n) is 11.1. The third kappa shape index (κ3) is 2.16. The molecular formula is C18H12O2S. The lowest BCUT2D eigenvalue weighted by Crippen LogP contribution is -1.96. The Balaban J connectivity index is 1.84. The van der Waals surface area contributed by atoms with E-state index >= 15 is 0 Å². The first-order valence-electron chi connectivity index (χ1n) is 6.68. The fourth-order valence-corrected chi connectivity index (χ4v) is 3.40. The first-order valence-corrected chi connectivity index (χ1v) is 7.50. The van der Waals surface area contributed by atoms with Crippen LogP contribution in [0.3, 0.4) is 0 Å². The van der Waals surface area contributed by atoms with Gasteiger partial charge in [0.25, 0.3) is 0 Å². The van der Waals surface area contributed by atoms with Gasteiger partial charge in [-0.1, -0.05) is 48.2 Å². The number of aromatic hydroxyl groups is 1. The fraction of sp³-hybridized carbons (Fsp3) is 0. The Kier molecular flexibility index (Phi) is 2.86. The van der Waals surface area contributed by atoms with Crippen LogP contribution < -0.4 is 4.74 Å². The summed E-state index contributed by atoms with van der Waals surface area (Å²) in [5.41, 5.74) is 2.07. The van der Waals surface area contributed by atoms with Crippen LogP contribution in [0.5, 0.6) is 17.2 Å². The van der Waals surface area contributed by atoms with Gasteiger partial charge in [0.05, 0.1) is 9.79 Å². The van der Waals surface area contributed by atoms with Gasteiger partial charge in [0.15, 0.2) is 0 Å². The molecule has 0 atom stereocenters. The summed E-state index contributed by atoms with van der Waals surface area (Å²) in [5, 5.41) is 9.44. The second-order valence-electron chi connectivity index (χ2n) is 4.83. The third-order valence-electron chi connectivity index (χ3n) is 3.44. The van der Waals surface area contributed by atoms with Crippen molar-refractivity contribution in [3.8, 4) is 28.4 Å². The van der Waals surface area contributed by atoms with Crippen molar-refractivity contribution in [2.45, 2.75) is 9.79 Å². The smallest absolute Gasteiger partial charge is 0.149 e. The number of fused-ring (bicyclic) bond motifs is 2. The SMILES string of the molecule is Oc1ccc(-c2cccc3c2Oc2ccccc2S3)cc1. The molecule has 2 nitrogen and oxygen atoms in total. The maximum atomic E-state index is 9.44. The highest BCUT2D eigenvalue weighted by molar-refractivity contribution is 7.99. The van der Waals surface area contributed by atoms with E-state index < -0.39 is 0 Å². The molecule has 0 spiro atoms. The molecule has 3 heteroatoms. The van der Waals surface area contributed by atoms with Crippen LogP contribution in [-0.4, -0.2) is 5.11 Å². The van der Waals surface area contributed by atoms with Crippen LogP contribution in [0.4, 0.5) is 0 Å². The van der Waals surface area contributed by atoms with E-state index in [1.165, 1.54) is 0 Å². The van der Waals surface area contributed by atoms with Gasteiger partial charge in [-0.2, -0.15) is 0 Å². The lowest BCUT2D eigenvalue weighted by Gasteiger charge is -2.22. The quantitative estimate of drug-likeness (QED) is 0.515. The Bertz CT molecular complexity index is 810. The fourth-order valence-electron chi connectivity index (χ4n) is 2.42. The first kappa shape index (κ1) is 12.4. The van der Waals surface area contributed by atoms with Crippen LogP contribution in [0.2, 0.25) is 0 Å². The number of para-hydroxylation sites is 2. The number of ether oxygens (including phenoxy) is 1. The minimum absolute atomic E-state index is 0.268. The molecule has 3 aromatic rings. The topological polar surface area (TPSA) is 29.5 Å². The van der Waals surface area contributed by atoms with Gasteiger partial charge in [-0.25, -0.2) is 0 Å². The van der Waals surface area contributed by atoms with Crippen LogP contribution in [0, 0.1) is 0 Å². The van der Waals surface area contributed by atoms with Gasteiger partial charge in [0.1, 0.15) is 17.2 Å². The monoisotopic (exact) mass is 292 g/mol. The number of hydrogen-bond donors (Lipinski definition) is 1. The predicted octanol–water partition coefficient (Wildman–Crippen LogP) is 5.32. The highest BCUT2D eigenvalue weighted by Crippen LogP contribution is 2.50. The van der Waals surface area contributed by atoms with Crippen molar-refractivity contribution >= 4 is 11.8 Å². The molecule has 1 aliphatic rings. The largest absolute Gasteiger partial charge is 0.508 e. The van der Waals surface area contributed by atoms with E-state index in [0.29, 0.717) is 0 Å². The van der Waals surface area contributed by atoms with Crippen LogP contribution in [0.15, 0.2) is 76.5 Å². The minimum Gasteiger partial charge on any atom is -0.508 e. The summed E-state index contributed by atoms with van der Waals surface area (Å²) in [4.78, 5) is 2.24. The number of phenolic OH excluding ortho intramolecular Hbond substituents is 1. The second kappa shape index (κ2) is 4.86. The summed E-state index contributed by atoms with van der Waals surface area (Å²) in [6, 6.07) is 21.4. The molecule has 102 valence electrons. The average molecular weight is 292 g/mol. The van der Waals surface area contributed by atoms with Gasteiger partial charge in [-0.3, -0.25) is 0 Å². The molecule has 4 rings (SSSR count). The van der Waals surface area contributed by atoms with E-state index in [-0.39, 0.29) is 5.75 Å². The second-order valence-corrected chi connectivity index (χ2v) is 5.91. The molecule has 0 bridgehead atoms. The van der Waals surface area contributed by atoms with Crippen molar-refractivity contribution in [2.75, 3.05) is 0 Å². The molecule has 1 aliphatic heterocycles. The lowest BCUT2D eigenvalue weighted by molar-refractivity contribution is 0.456. The molecule has 1 N–H and O–H groups in total. The number of phenols is 1. The Labute approximate surface area is 127 Å².